The van der Waals surface area contributed by atoms with Crippen molar-refractivity contribution in [3.63, 3.8) is 0 Å². The number of halogens is 1. The molecule has 1 amide bonds. The van der Waals surface area contributed by atoms with E-state index in [2.05, 4.69) is 46.4 Å². The first-order valence-electron chi connectivity index (χ1n) is 10.5. The molecule has 3 rings (SSSR count). The number of aryl methyl sites for hydroxylation is 2. The van der Waals surface area contributed by atoms with Crippen molar-refractivity contribution in [3.05, 3.63) is 94.0 Å². The van der Waals surface area contributed by atoms with E-state index in [0.717, 1.165) is 25.8 Å². The molecule has 174 valence electrons. The van der Waals surface area contributed by atoms with Crippen LogP contribution in [0.1, 0.15) is 16.7 Å². The van der Waals surface area contributed by atoms with Gasteiger partial charge in [0.05, 0.1) is 10.6 Å². The maximum atomic E-state index is 13.4. The lowest BCUT2D eigenvalue weighted by Gasteiger charge is -2.24. The van der Waals surface area contributed by atoms with Gasteiger partial charge >= 0.3 is 0 Å². The van der Waals surface area contributed by atoms with E-state index in [4.69, 9.17) is 0 Å². The number of anilines is 1. The average molecular weight is 548 g/mol. The van der Waals surface area contributed by atoms with Crippen molar-refractivity contribution in [2.45, 2.75) is 24.5 Å². The molecule has 3 aromatic rings. The number of hydrogen-bond donors (Lipinski definition) is 1. The number of carbonyl (C=O) groups excluding carboxylic acids is 1. The van der Waals surface area contributed by atoms with Gasteiger partial charge < -0.3 is 5.32 Å². The summed E-state index contributed by atoms with van der Waals surface area (Å²) in [6.45, 7) is 4.14. The maximum absolute atomic E-state index is 13.4. The molecule has 0 saturated heterocycles. The Labute approximate surface area is 208 Å². The summed E-state index contributed by atoms with van der Waals surface area (Å²) in [5.74, 6) is 1.26. The molecule has 0 radical (unpaired) electrons. The third kappa shape index (κ3) is 7.35. The lowest BCUT2D eigenvalue weighted by atomic mass is 10.2. The molecule has 3 aromatic carbocycles. The molecule has 1 N–H and O–H groups in total. The summed E-state index contributed by atoms with van der Waals surface area (Å²) >= 11 is 5.09. The van der Waals surface area contributed by atoms with Crippen molar-refractivity contribution < 1.29 is 13.2 Å². The van der Waals surface area contributed by atoms with Crippen LogP contribution < -0.4 is 9.62 Å². The van der Waals surface area contributed by atoms with E-state index >= 15 is 0 Å². The van der Waals surface area contributed by atoms with Crippen molar-refractivity contribution in [1.82, 2.24) is 5.32 Å². The average Bonchev–Trinajstić information content (AvgIpc) is 2.78. The SMILES string of the molecule is Cc1ccc(S(=O)(=O)N(CC(=O)NCCSCc2cccc(C)c2)c2ccc(Br)cc2)cc1. The zero-order valence-corrected chi connectivity index (χ0v) is 21.8. The molecule has 0 fully saturated rings. The highest BCUT2D eigenvalue weighted by atomic mass is 79.9. The van der Waals surface area contributed by atoms with Crippen molar-refractivity contribution in [2.75, 3.05) is 23.1 Å². The third-order valence-corrected chi connectivity index (χ3v) is 8.28. The Morgan fingerprint density at radius 2 is 1.67 bits per heavy atom. The van der Waals surface area contributed by atoms with E-state index in [1.165, 1.54) is 11.1 Å². The van der Waals surface area contributed by atoms with Crippen molar-refractivity contribution in [2.24, 2.45) is 0 Å². The molecule has 0 heterocycles. The molecule has 0 saturated carbocycles. The fraction of sp³-hybridized carbons (Fsp3) is 0.240. The van der Waals surface area contributed by atoms with Crippen LogP contribution in [0.2, 0.25) is 0 Å². The molecule has 5 nitrogen and oxygen atoms in total. The van der Waals surface area contributed by atoms with E-state index in [1.807, 2.05) is 13.0 Å². The number of rotatable bonds is 10. The van der Waals surface area contributed by atoms with Crippen molar-refractivity contribution in [1.29, 1.82) is 0 Å². The first kappa shape index (κ1) is 25.3. The zero-order valence-electron chi connectivity index (χ0n) is 18.6. The Morgan fingerprint density at radius 3 is 2.33 bits per heavy atom. The van der Waals surface area contributed by atoms with Gasteiger partial charge in [-0.25, -0.2) is 8.42 Å². The quantitative estimate of drug-likeness (QED) is 0.350. The number of sulfonamides is 1. The fourth-order valence-electron chi connectivity index (χ4n) is 3.20. The summed E-state index contributed by atoms with van der Waals surface area (Å²) in [5.41, 5.74) is 3.87. The van der Waals surface area contributed by atoms with Crippen LogP contribution in [0, 0.1) is 13.8 Å². The smallest absolute Gasteiger partial charge is 0.264 e. The summed E-state index contributed by atoms with van der Waals surface area (Å²) in [6.07, 6.45) is 0. The van der Waals surface area contributed by atoms with Gasteiger partial charge in [0, 0.05) is 22.5 Å². The van der Waals surface area contributed by atoms with Gasteiger partial charge in [0.1, 0.15) is 6.54 Å². The highest BCUT2D eigenvalue weighted by Crippen LogP contribution is 2.25. The minimum atomic E-state index is -3.90. The largest absolute Gasteiger partial charge is 0.354 e. The van der Waals surface area contributed by atoms with Gasteiger partial charge in [-0.2, -0.15) is 11.8 Å². The van der Waals surface area contributed by atoms with E-state index in [9.17, 15) is 13.2 Å². The molecule has 0 spiro atoms. The first-order valence-corrected chi connectivity index (χ1v) is 13.9. The highest BCUT2D eigenvalue weighted by Gasteiger charge is 2.27. The van der Waals surface area contributed by atoms with Crippen molar-refractivity contribution >= 4 is 49.3 Å². The molecule has 0 bridgehead atoms. The maximum Gasteiger partial charge on any atom is 0.264 e. The Hall–Kier alpha value is -2.29. The summed E-state index contributed by atoms with van der Waals surface area (Å²) in [5, 5.41) is 2.85. The molecule has 0 unspecified atom stereocenters. The summed E-state index contributed by atoms with van der Waals surface area (Å²) in [4.78, 5) is 12.8. The normalized spacial score (nSPS) is 11.2. The Morgan fingerprint density at radius 1 is 0.970 bits per heavy atom. The van der Waals surface area contributed by atoms with Crippen LogP contribution in [0.5, 0.6) is 0 Å². The van der Waals surface area contributed by atoms with Crippen LogP contribution in [-0.4, -0.2) is 33.2 Å². The minimum absolute atomic E-state index is 0.150. The second kappa shape index (κ2) is 11.7. The number of thioether (sulfide) groups is 1. The van der Waals surface area contributed by atoms with Gasteiger partial charge in [0.25, 0.3) is 10.0 Å². The molecule has 0 aromatic heterocycles. The minimum Gasteiger partial charge on any atom is -0.354 e. The Bertz CT molecular complexity index is 1180. The number of benzene rings is 3. The predicted octanol–water partition coefficient (Wildman–Crippen LogP) is 5.31. The fourth-order valence-corrected chi connectivity index (χ4v) is 5.69. The van der Waals surface area contributed by atoms with Gasteiger partial charge in [0.15, 0.2) is 0 Å². The van der Waals surface area contributed by atoms with Gasteiger partial charge in [-0.15, -0.1) is 0 Å². The molecule has 0 aliphatic heterocycles. The van der Waals surface area contributed by atoms with E-state index in [0.29, 0.717) is 12.2 Å². The standard InChI is InChI=1S/C25H27BrN2O3S2/c1-19-6-12-24(13-7-19)33(30,31)28(23-10-8-22(26)9-11-23)17-25(29)27-14-15-32-18-21-5-3-4-20(2)16-21/h3-13,16H,14-15,17-18H2,1-2H3,(H,27,29). The van der Waals surface area contributed by atoms with Gasteiger partial charge in [-0.05, 0) is 55.8 Å². The second-order valence-electron chi connectivity index (χ2n) is 7.69. The molecule has 0 aliphatic rings. The van der Waals surface area contributed by atoms with Gasteiger partial charge in [-0.3, -0.25) is 9.10 Å². The Kier molecular flexibility index (Phi) is 9.00. The van der Waals surface area contributed by atoms with Crippen molar-refractivity contribution in [3.8, 4) is 0 Å². The number of nitrogens with zero attached hydrogens (tertiary/aromatic N) is 1. The molecule has 0 atom stereocenters. The molecular weight excluding hydrogens is 520 g/mol. The Balaban J connectivity index is 1.64. The zero-order chi connectivity index (χ0) is 23.8. The van der Waals surface area contributed by atoms with Crippen LogP contribution in [0.15, 0.2) is 82.2 Å². The topological polar surface area (TPSA) is 66.5 Å². The first-order chi connectivity index (χ1) is 15.8. The monoisotopic (exact) mass is 546 g/mol. The highest BCUT2D eigenvalue weighted by molar-refractivity contribution is 9.10. The van der Waals surface area contributed by atoms with Crippen LogP contribution in [0.25, 0.3) is 0 Å². The summed E-state index contributed by atoms with van der Waals surface area (Å²) in [6, 6.07) is 21.8. The lowest BCUT2D eigenvalue weighted by Crippen LogP contribution is -2.41. The van der Waals surface area contributed by atoms with Crippen LogP contribution >= 0.6 is 27.7 Å². The molecule has 33 heavy (non-hydrogen) atoms. The van der Waals surface area contributed by atoms with Gasteiger partial charge in [-0.1, -0.05) is 63.5 Å². The number of hydrogen-bond acceptors (Lipinski definition) is 4. The second-order valence-corrected chi connectivity index (χ2v) is 11.6. The van der Waals surface area contributed by atoms with Crippen LogP contribution in [-0.2, 0) is 20.6 Å². The number of amides is 1. The van der Waals surface area contributed by atoms with E-state index < -0.39 is 10.0 Å². The number of carbonyl (C=O) groups is 1. The molecular formula is C25H27BrN2O3S2. The van der Waals surface area contributed by atoms with Crippen LogP contribution in [0.3, 0.4) is 0 Å². The van der Waals surface area contributed by atoms with Gasteiger partial charge in [0.2, 0.25) is 5.91 Å². The lowest BCUT2D eigenvalue weighted by molar-refractivity contribution is -0.119. The number of nitrogens with one attached hydrogen (secondary N) is 1. The molecule has 8 heteroatoms. The molecule has 0 aliphatic carbocycles. The van der Waals surface area contributed by atoms with E-state index in [1.54, 1.807) is 60.3 Å². The summed E-state index contributed by atoms with van der Waals surface area (Å²) < 4.78 is 28.7. The van der Waals surface area contributed by atoms with Crippen LogP contribution in [0.4, 0.5) is 5.69 Å². The van der Waals surface area contributed by atoms with E-state index in [-0.39, 0.29) is 17.3 Å². The summed E-state index contributed by atoms with van der Waals surface area (Å²) in [7, 11) is -3.90. The predicted molar refractivity (Wildman–Crippen MR) is 140 cm³/mol. The third-order valence-electron chi connectivity index (χ3n) is 4.93.